The Labute approximate surface area is 165 Å². The number of hydrogen-bond acceptors (Lipinski definition) is 3. The van der Waals surface area contributed by atoms with Crippen LogP contribution in [-0.2, 0) is 10.0 Å². The van der Waals surface area contributed by atoms with E-state index < -0.39 is 10.0 Å². The van der Waals surface area contributed by atoms with Gasteiger partial charge in [-0.05, 0) is 55.8 Å². The molecule has 0 aliphatic rings. The molecule has 3 rings (SSSR count). The Morgan fingerprint density at radius 3 is 2.29 bits per heavy atom. The summed E-state index contributed by atoms with van der Waals surface area (Å²) in [4.78, 5) is 14.6. The third-order valence-corrected chi connectivity index (χ3v) is 5.77. The Hall–Kier alpha value is -3.12. The molecular weight excluding hydrogens is 372 g/mol. The zero-order chi connectivity index (χ0) is 20.1. The minimum atomic E-state index is -3.81. The lowest BCUT2D eigenvalue weighted by atomic mass is 10.2. The number of carbonyl (C=O) groups excluding carboxylic acids is 1. The van der Waals surface area contributed by atoms with Crippen LogP contribution in [0.15, 0.2) is 83.8 Å². The van der Waals surface area contributed by atoms with Gasteiger partial charge in [-0.1, -0.05) is 42.5 Å². The molecule has 0 atom stereocenters. The van der Waals surface area contributed by atoms with Gasteiger partial charge in [-0.3, -0.25) is 9.52 Å². The van der Waals surface area contributed by atoms with Gasteiger partial charge in [-0.15, -0.1) is 0 Å². The van der Waals surface area contributed by atoms with Gasteiger partial charge < -0.3 is 4.90 Å². The molecule has 0 fully saturated rings. The maximum Gasteiger partial charge on any atom is 0.261 e. The van der Waals surface area contributed by atoms with Crippen LogP contribution in [0.5, 0.6) is 0 Å². The summed E-state index contributed by atoms with van der Waals surface area (Å²) in [6.45, 7) is 4.18. The van der Waals surface area contributed by atoms with Gasteiger partial charge in [0.2, 0.25) is 0 Å². The van der Waals surface area contributed by atoms with Crippen LogP contribution in [0.1, 0.15) is 22.8 Å². The fourth-order valence-electron chi connectivity index (χ4n) is 2.89. The first-order valence-electron chi connectivity index (χ1n) is 8.98. The molecule has 0 heterocycles. The summed E-state index contributed by atoms with van der Waals surface area (Å²) in [6, 6.07) is 22.5. The number of sulfonamides is 1. The highest BCUT2D eigenvalue weighted by atomic mass is 32.2. The lowest BCUT2D eigenvalue weighted by Crippen LogP contribution is -2.30. The van der Waals surface area contributed by atoms with E-state index in [2.05, 4.69) is 4.72 Å². The summed E-state index contributed by atoms with van der Waals surface area (Å²) >= 11 is 0. The van der Waals surface area contributed by atoms with Crippen molar-refractivity contribution in [2.75, 3.05) is 16.2 Å². The van der Waals surface area contributed by atoms with E-state index in [-0.39, 0.29) is 10.8 Å². The number of anilines is 2. The van der Waals surface area contributed by atoms with Gasteiger partial charge in [0.25, 0.3) is 15.9 Å². The minimum absolute atomic E-state index is 0.0470. The second-order valence-corrected chi connectivity index (χ2v) is 8.02. The van der Waals surface area contributed by atoms with Crippen molar-refractivity contribution in [3.8, 4) is 0 Å². The monoisotopic (exact) mass is 394 g/mol. The highest BCUT2D eigenvalue weighted by molar-refractivity contribution is 7.92. The molecule has 1 N–H and O–H groups in total. The predicted octanol–water partition coefficient (Wildman–Crippen LogP) is 4.46. The molecule has 0 saturated carbocycles. The van der Waals surface area contributed by atoms with E-state index in [4.69, 9.17) is 0 Å². The van der Waals surface area contributed by atoms with Gasteiger partial charge in [-0.2, -0.15) is 0 Å². The largest absolute Gasteiger partial charge is 0.309 e. The maximum absolute atomic E-state index is 13.0. The third kappa shape index (κ3) is 4.23. The molecule has 1 amide bonds. The molecule has 5 nitrogen and oxygen atoms in total. The molecule has 0 spiro atoms. The van der Waals surface area contributed by atoms with E-state index in [1.54, 1.807) is 29.2 Å². The molecule has 3 aromatic rings. The molecule has 0 radical (unpaired) electrons. The Bertz CT molecular complexity index is 1080. The van der Waals surface area contributed by atoms with E-state index >= 15 is 0 Å². The third-order valence-electron chi connectivity index (χ3n) is 4.41. The molecule has 0 aromatic heterocycles. The van der Waals surface area contributed by atoms with Gasteiger partial charge in [0, 0.05) is 17.8 Å². The highest BCUT2D eigenvalue weighted by Gasteiger charge is 2.20. The molecule has 0 unspecified atom stereocenters. The van der Waals surface area contributed by atoms with Crippen molar-refractivity contribution >= 4 is 27.3 Å². The summed E-state index contributed by atoms with van der Waals surface area (Å²) < 4.78 is 28.2. The first kappa shape index (κ1) is 19.6. The first-order chi connectivity index (χ1) is 13.4. The summed E-state index contributed by atoms with van der Waals surface area (Å²) in [5, 5.41) is 0. The molecule has 0 aliphatic carbocycles. The lowest BCUT2D eigenvalue weighted by Gasteiger charge is -2.21. The van der Waals surface area contributed by atoms with Gasteiger partial charge in [0.15, 0.2) is 0 Å². The average molecular weight is 394 g/mol. The van der Waals surface area contributed by atoms with E-state index in [0.29, 0.717) is 17.8 Å². The zero-order valence-electron chi connectivity index (χ0n) is 15.8. The summed E-state index contributed by atoms with van der Waals surface area (Å²) in [5.74, 6) is -0.248. The molecule has 0 bridgehead atoms. The Kier molecular flexibility index (Phi) is 5.80. The topological polar surface area (TPSA) is 66.5 Å². The fourth-order valence-corrected chi connectivity index (χ4v) is 4.07. The van der Waals surface area contributed by atoms with Crippen LogP contribution in [-0.4, -0.2) is 20.9 Å². The number of rotatable bonds is 6. The molecule has 28 heavy (non-hydrogen) atoms. The number of amides is 1. The van der Waals surface area contributed by atoms with Crippen molar-refractivity contribution < 1.29 is 13.2 Å². The normalized spacial score (nSPS) is 11.1. The Balaban J connectivity index is 1.91. The second-order valence-electron chi connectivity index (χ2n) is 6.33. The summed E-state index contributed by atoms with van der Waals surface area (Å²) in [7, 11) is -3.81. The smallest absolute Gasteiger partial charge is 0.261 e. The van der Waals surface area contributed by atoms with E-state index in [0.717, 1.165) is 11.3 Å². The molecule has 0 saturated heterocycles. The molecule has 0 aliphatic heterocycles. The van der Waals surface area contributed by atoms with Crippen LogP contribution in [0.25, 0.3) is 0 Å². The van der Waals surface area contributed by atoms with Crippen molar-refractivity contribution in [3.63, 3.8) is 0 Å². The second kappa shape index (κ2) is 8.27. The fraction of sp³-hybridized carbons (Fsp3) is 0.136. The highest BCUT2D eigenvalue weighted by Crippen LogP contribution is 2.22. The van der Waals surface area contributed by atoms with Crippen LogP contribution >= 0.6 is 0 Å². The number of hydrogen-bond donors (Lipinski definition) is 1. The van der Waals surface area contributed by atoms with Crippen molar-refractivity contribution in [2.45, 2.75) is 18.7 Å². The SMILES string of the molecule is CCN(C(=O)c1cccc(S(=O)(=O)Nc2ccccc2C)c1)c1ccccc1. The average Bonchev–Trinajstić information content (AvgIpc) is 2.71. The predicted molar refractivity (Wildman–Crippen MR) is 112 cm³/mol. The number of nitrogens with one attached hydrogen (secondary N) is 1. The van der Waals surface area contributed by atoms with Gasteiger partial charge in [0.05, 0.1) is 10.6 Å². The van der Waals surface area contributed by atoms with Gasteiger partial charge in [0.1, 0.15) is 0 Å². The van der Waals surface area contributed by atoms with Crippen molar-refractivity contribution in [2.24, 2.45) is 0 Å². The van der Waals surface area contributed by atoms with Crippen LogP contribution < -0.4 is 9.62 Å². The molecule has 144 valence electrons. The molecule has 3 aromatic carbocycles. The number of para-hydroxylation sites is 2. The standard InChI is InChI=1S/C22H22N2O3S/c1-3-24(19-12-5-4-6-13-19)22(25)18-11-9-14-20(16-18)28(26,27)23-21-15-8-7-10-17(21)2/h4-16,23H,3H2,1-2H3. The van der Waals surface area contributed by atoms with E-state index in [1.807, 2.05) is 56.3 Å². The minimum Gasteiger partial charge on any atom is -0.309 e. The van der Waals surface area contributed by atoms with Gasteiger partial charge in [-0.25, -0.2) is 8.42 Å². The molecular formula is C22H22N2O3S. The quantitative estimate of drug-likeness (QED) is 0.671. The van der Waals surface area contributed by atoms with Crippen molar-refractivity contribution in [3.05, 3.63) is 90.0 Å². The summed E-state index contributed by atoms with van der Waals surface area (Å²) in [6.07, 6.45) is 0. The number of benzene rings is 3. The van der Waals surface area contributed by atoms with Gasteiger partial charge >= 0.3 is 0 Å². The van der Waals surface area contributed by atoms with Crippen LogP contribution in [0.3, 0.4) is 0 Å². The van der Waals surface area contributed by atoms with Crippen molar-refractivity contribution in [1.82, 2.24) is 0 Å². The first-order valence-corrected chi connectivity index (χ1v) is 10.5. The molecule has 6 heteroatoms. The Morgan fingerprint density at radius 2 is 1.61 bits per heavy atom. The van der Waals surface area contributed by atoms with Crippen LogP contribution in [0, 0.1) is 6.92 Å². The van der Waals surface area contributed by atoms with Crippen LogP contribution in [0.4, 0.5) is 11.4 Å². The Morgan fingerprint density at radius 1 is 0.929 bits per heavy atom. The lowest BCUT2D eigenvalue weighted by molar-refractivity contribution is 0.0988. The van der Waals surface area contributed by atoms with E-state index in [9.17, 15) is 13.2 Å². The van der Waals surface area contributed by atoms with Crippen molar-refractivity contribution in [1.29, 1.82) is 0 Å². The van der Waals surface area contributed by atoms with Crippen LogP contribution in [0.2, 0.25) is 0 Å². The summed E-state index contributed by atoms with van der Waals surface area (Å²) in [5.41, 5.74) is 2.41. The number of nitrogens with zero attached hydrogens (tertiary/aromatic N) is 1. The number of carbonyl (C=O) groups is 1. The zero-order valence-corrected chi connectivity index (χ0v) is 16.6. The van der Waals surface area contributed by atoms with E-state index in [1.165, 1.54) is 12.1 Å². The number of aryl methyl sites for hydroxylation is 1. The maximum atomic E-state index is 13.0.